The first-order valence-corrected chi connectivity index (χ1v) is 6.96. The second kappa shape index (κ2) is 6.08. The highest BCUT2D eigenvalue weighted by Crippen LogP contribution is 2.25. The van der Waals surface area contributed by atoms with Crippen LogP contribution in [0.1, 0.15) is 31.7 Å². The van der Waals surface area contributed by atoms with Crippen LogP contribution in [0.15, 0.2) is 18.2 Å². The molecule has 0 radical (unpaired) electrons. The monoisotopic (exact) mass is 272 g/mol. The topological polar surface area (TPSA) is 12.5 Å². The third kappa shape index (κ3) is 4.50. The van der Waals surface area contributed by atoms with Crippen LogP contribution in [0, 0.1) is 5.92 Å². The van der Waals surface area contributed by atoms with Gasteiger partial charge in [-0.05, 0) is 36.5 Å². The maximum atomic E-state index is 6.00. The van der Waals surface area contributed by atoms with Crippen molar-refractivity contribution in [3.05, 3.63) is 33.8 Å². The molecule has 0 aliphatic carbocycles. The van der Waals surface area contributed by atoms with Crippen LogP contribution in [0.5, 0.6) is 0 Å². The molecule has 0 amide bonds. The zero-order chi connectivity index (χ0) is 12.3. The van der Waals surface area contributed by atoms with Gasteiger partial charge in [-0.15, -0.1) is 0 Å². The lowest BCUT2D eigenvalue weighted by Crippen LogP contribution is -2.00. The molecule has 1 aliphatic heterocycles. The van der Waals surface area contributed by atoms with E-state index in [0.717, 1.165) is 13.0 Å². The predicted octanol–water partition coefficient (Wildman–Crippen LogP) is 4.74. The minimum atomic E-state index is 0.562. The van der Waals surface area contributed by atoms with Crippen LogP contribution in [0.4, 0.5) is 0 Å². The van der Waals surface area contributed by atoms with E-state index in [1.54, 1.807) is 0 Å². The van der Waals surface area contributed by atoms with Crippen molar-refractivity contribution in [2.24, 2.45) is 5.92 Å². The van der Waals surface area contributed by atoms with E-state index in [1.165, 1.54) is 24.8 Å². The lowest BCUT2D eigenvalue weighted by atomic mass is 9.95. The summed E-state index contributed by atoms with van der Waals surface area (Å²) in [6, 6.07) is 5.92. The fraction of sp³-hybridized carbons (Fsp3) is 0.571. The molecule has 2 atom stereocenters. The van der Waals surface area contributed by atoms with E-state index in [2.05, 4.69) is 13.0 Å². The Labute approximate surface area is 113 Å². The number of rotatable bonds is 6. The summed E-state index contributed by atoms with van der Waals surface area (Å²) in [6.45, 7) is 3.26. The van der Waals surface area contributed by atoms with E-state index in [4.69, 9.17) is 27.9 Å². The van der Waals surface area contributed by atoms with Crippen molar-refractivity contribution < 1.29 is 4.74 Å². The number of hydrogen-bond acceptors (Lipinski definition) is 1. The van der Waals surface area contributed by atoms with Gasteiger partial charge in [0.2, 0.25) is 0 Å². The standard InChI is InChI=1S/C14H18Cl2O/c1-10(3-2-4-12-9-17-12)7-11-5-6-13(15)14(16)8-11/h5-6,8,10,12H,2-4,7,9H2,1H3. The molecular formula is C14H18Cl2O. The average Bonchev–Trinajstić information content (AvgIpc) is 3.07. The molecule has 1 heterocycles. The van der Waals surface area contributed by atoms with Gasteiger partial charge in [0.1, 0.15) is 0 Å². The molecule has 0 N–H and O–H groups in total. The van der Waals surface area contributed by atoms with Crippen LogP contribution in [0.3, 0.4) is 0 Å². The van der Waals surface area contributed by atoms with Gasteiger partial charge < -0.3 is 4.74 Å². The van der Waals surface area contributed by atoms with E-state index in [-0.39, 0.29) is 0 Å². The fourth-order valence-electron chi connectivity index (χ4n) is 2.10. The first-order chi connectivity index (χ1) is 8.15. The van der Waals surface area contributed by atoms with E-state index in [1.807, 2.05) is 12.1 Å². The van der Waals surface area contributed by atoms with Crippen LogP contribution >= 0.6 is 23.2 Å². The third-order valence-electron chi connectivity index (χ3n) is 3.19. The van der Waals surface area contributed by atoms with Gasteiger partial charge in [-0.2, -0.15) is 0 Å². The summed E-state index contributed by atoms with van der Waals surface area (Å²) in [5.41, 5.74) is 1.27. The van der Waals surface area contributed by atoms with Gasteiger partial charge in [0.25, 0.3) is 0 Å². The maximum absolute atomic E-state index is 6.00. The summed E-state index contributed by atoms with van der Waals surface area (Å²) in [6.07, 6.45) is 5.36. The number of benzene rings is 1. The van der Waals surface area contributed by atoms with Crippen LogP contribution in [0.2, 0.25) is 10.0 Å². The SMILES string of the molecule is CC(CCCC1CO1)Cc1ccc(Cl)c(Cl)c1. The van der Waals surface area contributed by atoms with E-state index in [9.17, 15) is 0 Å². The van der Waals surface area contributed by atoms with Crippen molar-refractivity contribution in [3.63, 3.8) is 0 Å². The Morgan fingerprint density at radius 2 is 2.12 bits per heavy atom. The Kier molecular flexibility index (Phi) is 4.72. The minimum Gasteiger partial charge on any atom is -0.373 e. The lowest BCUT2D eigenvalue weighted by Gasteiger charge is -2.11. The molecule has 1 nitrogen and oxygen atoms in total. The van der Waals surface area contributed by atoms with Gasteiger partial charge in [-0.1, -0.05) is 49.0 Å². The molecule has 0 aromatic heterocycles. The highest BCUT2D eigenvalue weighted by molar-refractivity contribution is 6.42. The molecule has 17 heavy (non-hydrogen) atoms. The van der Waals surface area contributed by atoms with Crippen LogP contribution < -0.4 is 0 Å². The Balaban J connectivity index is 1.75. The summed E-state index contributed by atoms with van der Waals surface area (Å²) in [5.74, 6) is 0.686. The molecule has 2 rings (SSSR count). The molecule has 1 aromatic carbocycles. The number of hydrogen-bond donors (Lipinski definition) is 0. The van der Waals surface area contributed by atoms with Crippen LogP contribution in [-0.4, -0.2) is 12.7 Å². The van der Waals surface area contributed by atoms with Crippen molar-refractivity contribution in [1.29, 1.82) is 0 Å². The predicted molar refractivity (Wildman–Crippen MR) is 72.9 cm³/mol. The quantitative estimate of drug-likeness (QED) is 0.682. The highest BCUT2D eigenvalue weighted by atomic mass is 35.5. The largest absolute Gasteiger partial charge is 0.373 e. The molecule has 2 unspecified atom stereocenters. The van der Waals surface area contributed by atoms with E-state index in [0.29, 0.717) is 22.1 Å². The summed E-state index contributed by atoms with van der Waals surface area (Å²) in [5, 5.41) is 1.29. The van der Waals surface area contributed by atoms with Gasteiger partial charge in [0.05, 0.1) is 22.8 Å². The second-order valence-corrected chi connectivity index (χ2v) is 5.76. The van der Waals surface area contributed by atoms with Crippen molar-refractivity contribution in [3.8, 4) is 0 Å². The Morgan fingerprint density at radius 1 is 1.35 bits per heavy atom. The van der Waals surface area contributed by atoms with Crippen LogP contribution in [-0.2, 0) is 11.2 Å². The Bertz CT molecular complexity index is 374. The van der Waals surface area contributed by atoms with Crippen molar-refractivity contribution >= 4 is 23.2 Å². The maximum Gasteiger partial charge on any atom is 0.0810 e. The summed E-state index contributed by atoms with van der Waals surface area (Å²) >= 11 is 11.9. The molecule has 0 saturated carbocycles. The van der Waals surface area contributed by atoms with Crippen molar-refractivity contribution in [2.45, 2.75) is 38.7 Å². The smallest absolute Gasteiger partial charge is 0.0810 e. The van der Waals surface area contributed by atoms with Crippen molar-refractivity contribution in [1.82, 2.24) is 0 Å². The van der Waals surface area contributed by atoms with Gasteiger partial charge in [-0.25, -0.2) is 0 Å². The second-order valence-electron chi connectivity index (χ2n) is 4.94. The molecule has 1 fully saturated rings. The molecule has 94 valence electrons. The van der Waals surface area contributed by atoms with E-state index >= 15 is 0 Å². The van der Waals surface area contributed by atoms with Gasteiger partial charge >= 0.3 is 0 Å². The average molecular weight is 273 g/mol. The molecular weight excluding hydrogens is 255 g/mol. The lowest BCUT2D eigenvalue weighted by molar-refractivity contribution is 0.379. The Morgan fingerprint density at radius 3 is 2.76 bits per heavy atom. The Hall–Kier alpha value is -0.240. The first kappa shape index (κ1) is 13.2. The van der Waals surface area contributed by atoms with Gasteiger partial charge in [-0.3, -0.25) is 0 Å². The van der Waals surface area contributed by atoms with E-state index < -0.39 is 0 Å². The molecule has 0 spiro atoms. The zero-order valence-corrected chi connectivity index (χ0v) is 11.6. The van der Waals surface area contributed by atoms with Crippen LogP contribution in [0.25, 0.3) is 0 Å². The summed E-state index contributed by atoms with van der Waals surface area (Å²) < 4.78 is 5.21. The molecule has 1 saturated heterocycles. The molecule has 1 aromatic rings. The number of halogens is 2. The zero-order valence-electron chi connectivity index (χ0n) is 10.1. The first-order valence-electron chi connectivity index (χ1n) is 6.20. The summed E-state index contributed by atoms with van der Waals surface area (Å²) in [4.78, 5) is 0. The summed E-state index contributed by atoms with van der Waals surface area (Å²) in [7, 11) is 0. The van der Waals surface area contributed by atoms with Gasteiger partial charge in [0.15, 0.2) is 0 Å². The van der Waals surface area contributed by atoms with Gasteiger partial charge in [0, 0.05) is 0 Å². The number of ether oxygens (including phenoxy) is 1. The third-order valence-corrected chi connectivity index (χ3v) is 3.93. The minimum absolute atomic E-state index is 0.562. The fourth-order valence-corrected chi connectivity index (χ4v) is 2.42. The highest BCUT2D eigenvalue weighted by Gasteiger charge is 2.21. The molecule has 0 bridgehead atoms. The van der Waals surface area contributed by atoms with Crippen molar-refractivity contribution in [2.75, 3.05) is 6.61 Å². The number of epoxide rings is 1. The molecule has 3 heteroatoms. The normalized spacial score (nSPS) is 20.3. The molecule has 1 aliphatic rings.